The first-order valence-corrected chi connectivity index (χ1v) is 7.66. The van der Waals surface area contributed by atoms with E-state index in [1.807, 2.05) is 30.3 Å². The first-order valence-electron chi connectivity index (χ1n) is 7.66. The zero-order valence-electron chi connectivity index (χ0n) is 13.0. The average Bonchev–Trinajstić information content (AvgIpc) is 3.18. The van der Waals surface area contributed by atoms with Gasteiger partial charge in [-0.15, -0.1) is 6.42 Å². The number of rotatable bonds is 3. The Morgan fingerprint density at radius 3 is 2.64 bits per heavy atom. The van der Waals surface area contributed by atoms with Gasteiger partial charge < -0.3 is 20.3 Å². The number of para-hydroxylation sites is 1. The first-order chi connectivity index (χ1) is 12.2. The Hall–Kier alpha value is -2.99. The van der Waals surface area contributed by atoms with Gasteiger partial charge in [-0.1, -0.05) is 24.1 Å². The van der Waals surface area contributed by atoms with E-state index >= 15 is 0 Å². The molecule has 3 N–H and O–H groups in total. The molecule has 2 aromatic heterocycles. The maximum Gasteiger partial charge on any atom is 0.167 e. The van der Waals surface area contributed by atoms with Crippen LogP contribution < -0.4 is 5.32 Å². The van der Waals surface area contributed by atoms with Crippen molar-refractivity contribution in [2.24, 2.45) is 0 Å². The number of nitrogens with one attached hydrogen (secondary N) is 1. The minimum Gasteiger partial charge on any atom is -0.386 e. The van der Waals surface area contributed by atoms with Gasteiger partial charge in [0.2, 0.25) is 0 Å². The van der Waals surface area contributed by atoms with Crippen LogP contribution >= 0.6 is 0 Å². The highest BCUT2D eigenvalue weighted by Crippen LogP contribution is 2.32. The number of hydrogen-bond acceptors (Lipinski definition) is 7. The summed E-state index contributed by atoms with van der Waals surface area (Å²) in [6.07, 6.45) is 4.08. The van der Waals surface area contributed by atoms with Crippen LogP contribution in [-0.2, 0) is 4.74 Å². The van der Waals surface area contributed by atoms with E-state index in [1.165, 1.54) is 12.7 Å². The van der Waals surface area contributed by atoms with Crippen LogP contribution in [0.25, 0.3) is 11.2 Å². The third-order valence-electron chi connectivity index (χ3n) is 4.07. The van der Waals surface area contributed by atoms with Crippen molar-refractivity contribution in [3.63, 3.8) is 0 Å². The summed E-state index contributed by atoms with van der Waals surface area (Å²) < 4.78 is 7.09. The fourth-order valence-corrected chi connectivity index (χ4v) is 2.81. The van der Waals surface area contributed by atoms with Gasteiger partial charge in [0.05, 0.1) is 6.33 Å². The highest BCUT2D eigenvalue weighted by atomic mass is 16.6. The van der Waals surface area contributed by atoms with Crippen molar-refractivity contribution in [1.82, 2.24) is 19.5 Å². The maximum atomic E-state index is 10.2. The number of imidazole rings is 1. The lowest BCUT2D eigenvalue weighted by Crippen LogP contribution is -2.30. The molecular weight excluding hydrogens is 322 g/mol. The van der Waals surface area contributed by atoms with E-state index in [4.69, 9.17) is 11.2 Å². The standard InChI is InChI=1S/C17H15N5O3/c1-2-11-13(23)14(24)17(25-11)22-9-20-12-15(18-8-19-16(12)22)21-10-6-4-3-5-7-10/h1,3-9,11,13-14,17,23-24H,(H,18,19,21). The largest absolute Gasteiger partial charge is 0.386 e. The van der Waals surface area contributed by atoms with Crippen LogP contribution in [0.4, 0.5) is 11.5 Å². The summed E-state index contributed by atoms with van der Waals surface area (Å²) in [5.41, 5.74) is 1.83. The Bertz CT molecular complexity index is 936. The van der Waals surface area contributed by atoms with Crippen molar-refractivity contribution in [1.29, 1.82) is 0 Å². The minimum atomic E-state index is -1.18. The summed E-state index contributed by atoms with van der Waals surface area (Å²) >= 11 is 0. The van der Waals surface area contributed by atoms with Crippen LogP contribution in [0.1, 0.15) is 6.23 Å². The normalized spacial score (nSPS) is 25.8. The molecule has 8 nitrogen and oxygen atoms in total. The van der Waals surface area contributed by atoms with Crippen LogP contribution in [-0.4, -0.2) is 48.0 Å². The number of ether oxygens (including phenoxy) is 1. The lowest BCUT2D eigenvalue weighted by molar-refractivity contribution is -0.0230. The Kier molecular flexibility index (Phi) is 3.82. The second kappa shape index (κ2) is 6.14. The summed E-state index contributed by atoms with van der Waals surface area (Å²) in [5.74, 6) is 2.84. The van der Waals surface area contributed by atoms with E-state index < -0.39 is 24.5 Å². The van der Waals surface area contributed by atoms with E-state index in [-0.39, 0.29) is 0 Å². The molecule has 1 aromatic carbocycles. The van der Waals surface area contributed by atoms with Gasteiger partial charge in [-0.3, -0.25) is 4.57 Å². The van der Waals surface area contributed by atoms with Gasteiger partial charge in [0.15, 0.2) is 23.2 Å². The van der Waals surface area contributed by atoms with Gasteiger partial charge in [-0.2, -0.15) is 0 Å². The van der Waals surface area contributed by atoms with Crippen molar-refractivity contribution in [2.75, 3.05) is 5.32 Å². The number of hydrogen-bond donors (Lipinski definition) is 3. The SMILES string of the molecule is C#CC1OC(n2cnc3c(Nc4ccccc4)ncnc32)C(O)C1O. The molecule has 0 radical (unpaired) electrons. The zero-order chi connectivity index (χ0) is 17.4. The highest BCUT2D eigenvalue weighted by Gasteiger charge is 2.43. The molecule has 1 saturated heterocycles. The highest BCUT2D eigenvalue weighted by molar-refractivity contribution is 5.85. The topological polar surface area (TPSA) is 105 Å². The fraction of sp³-hybridized carbons (Fsp3) is 0.235. The summed E-state index contributed by atoms with van der Waals surface area (Å²) in [4.78, 5) is 12.8. The summed E-state index contributed by atoms with van der Waals surface area (Å²) in [7, 11) is 0. The van der Waals surface area contributed by atoms with E-state index in [2.05, 4.69) is 26.2 Å². The molecule has 126 valence electrons. The van der Waals surface area contributed by atoms with Gasteiger partial charge in [-0.05, 0) is 12.1 Å². The van der Waals surface area contributed by atoms with Crippen LogP contribution in [0, 0.1) is 12.3 Å². The van der Waals surface area contributed by atoms with E-state index in [0.717, 1.165) is 5.69 Å². The number of benzene rings is 1. The number of terminal acetylenes is 1. The monoisotopic (exact) mass is 337 g/mol. The molecule has 3 aromatic rings. The summed E-state index contributed by atoms with van der Waals surface area (Å²) in [5, 5.41) is 23.3. The lowest BCUT2D eigenvalue weighted by atomic mass is 10.1. The molecule has 0 spiro atoms. The Labute approximate surface area is 143 Å². The predicted molar refractivity (Wildman–Crippen MR) is 89.8 cm³/mol. The summed E-state index contributed by atoms with van der Waals surface area (Å²) in [6, 6.07) is 9.54. The van der Waals surface area contributed by atoms with Crippen molar-refractivity contribution < 1.29 is 14.9 Å². The first kappa shape index (κ1) is 15.5. The molecule has 0 amide bonds. The molecule has 0 bridgehead atoms. The second-order valence-corrected chi connectivity index (χ2v) is 5.63. The van der Waals surface area contributed by atoms with Gasteiger partial charge >= 0.3 is 0 Å². The van der Waals surface area contributed by atoms with E-state index in [0.29, 0.717) is 17.0 Å². The van der Waals surface area contributed by atoms with Crippen molar-refractivity contribution in [2.45, 2.75) is 24.5 Å². The molecule has 0 aliphatic carbocycles. The number of anilines is 2. The van der Waals surface area contributed by atoms with Crippen LogP contribution in [0.15, 0.2) is 43.0 Å². The molecule has 1 fully saturated rings. The van der Waals surface area contributed by atoms with Crippen LogP contribution in [0.3, 0.4) is 0 Å². The number of aromatic nitrogens is 4. The molecule has 1 aliphatic heterocycles. The molecule has 3 heterocycles. The Balaban J connectivity index is 1.71. The van der Waals surface area contributed by atoms with Crippen molar-refractivity contribution in [3.8, 4) is 12.3 Å². The van der Waals surface area contributed by atoms with Crippen molar-refractivity contribution in [3.05, 3.63) is 43.0 Å². The van der Waals surface area contributed by atoms with Gasteiger partial charge in [0, 0.05) is 5.69 Å². The molecule has 0 saturated carbocycles. The minimum absolute atomic E-state index is 0.461. The van der Waals surface area contributed by atoms with Crippen LogP contribution in [0.2, 0.25) is 0 Å². The van der Waals surface area contributed by atoms with E-state index in [1.54, 1.807) is 4.57 Å². The van der Waals surface area contributed by atoms with Gasteiger partial charge in [0.25, 0.3) is 0 Å². The van der Waals surface area contributed by atoms with Crippen LogP contribution in [0.5, 0.6) is 0 Å². The summed E-state index contributed by atoms with van der Waals surface area (Å²) in [6.45, 7) is 0. The molecule has 25 heavy (non-hydrogen) atoms. The second-order valence-electron chi connectivity index (χ2n) is 5.63. The van der Waals surface area contributed by atoms with Crippen molar-refractivity contribution >= 4 is 22.7 Å². The Morgan fingerprint density at radius 2 is 1.92 bits per heavy atom. The Morgan fingerprint density at radius 1 is 1.12 bits per heavy atom. The number of aliphatic hydroxyl groups excluding tert-OH is 2. The quantitative estimate of drug-likeness (QED) is 0.608. The molecule has 8 heteroatoms. The predicted octanol–water partition coefficient (Wildman–Crippen LogP) is 0.822. The third kappa shape index (κ3) is 2.60. The van der Waals surface area contributed by atoms with E-state index in [9.17, 15) is 10.2 Å². The molecular formula is C17H15N5O3. The number of aliphatic hydroxyl groups is 2. The fourth-order valence-electron chi connectivity index (χ4n) is 2.81. The smallest absolute Gasteiger partial charge is 0.167 e. The molecule has 4 atom stereocenters. The number of nitrogens with zero attached hydrogens (tertiary/aromatic N) is 4. The number of fused-ring (bicyclic) bond motifs is 1. The average molecular weight is 337 g/mol. The third-order valence-corrected chi connectivity index (χ3v) is 4.07. The van der Waals surface area contributed by atoms with Gasteiger partial charge in [0.1, 0.15) is 24.6 Å². The van der Waals surface area contributed by atoms with Gasteiger partial charge in [-0.25, -0.2) is 15.0 Å². The zero-order valence-corrected chi connectivity index (χ0v) is 13.0. The molecule has 1 aliphatic rings. The molecule has 4 rings (SSSR count). The maximum absolute atomic E-state index is 10.2. The lowest BCUT2D eigenvalue weighted by Gasteiger charge is -2.16. The molecule has 4 unspecified atom stereocenters.